The van der Waals surface area contributed by atoms with E-state index < -0.39 is 30.3 Å². The molecule has 0 aromatic carbocycles. The average molecular weight is 1090 g/mol. The summed E-state index contributed by atoms with van der Waals surface area (Å²) in [7, 11) is 0. The molecule has 2 N–H and O–H groups in total. The van der Waals surface area contributed by atoms with E-state index in [0.29, 0.717) is 0 Å². The van der Waals surface area contributed by atoms with Crippen LogP contribution in [-0.2, 0) is 9.59 Å². The van der Waals surface area contributed by atoms with Crippen LogP contribution in [0.1, 0.15) is 312 Å². The van der Waals surface area contributed by atoms with Gasteiger partial charge in [-0.1, -0.05) is 66.2 Å². The summed E-state index contributed by atoms with van der Waals surface area (Å²) in [5, 5.41) is 16.7. The molecule has 67 heavy (non-hydrogen) atoms. The molecule has 0 saturated carbocycles. The molecule has 0 amide bonds. The molecule has 7 heteroatoms. The average Bonchev–Trinajstić information content (AvgIpc) is 3.29. The summed E-state index contributed by atoms with van der Waals surface area (Å²) in [6.45, 7) is 18.3. The van der Waals surface area contributed by atoms with Crippen molar-refractivity contribution in [1.82, 2.24) is 0 Å². The zero-order valence-electron chi connectivity index (χ0n) is 47.1. The van der Waals surface area contributed by atoms with E-state index in [1.807, 2.05) is 0 Å². The molecule has 4 nitrogen and oxygen atoms in total. The van der Waals surface area contributed by atoms with Crippen LogP contribution in [0.2, 0.25) is 17.7 Å². The predicted octanol–water partition coefficient (Wildman–Crippen LogP) is 22.0. The van der Waals surface area contributed by atoms with Crippen molar-refractivity contribution in [3.8, 4) is 0 Å². The van der Waals surface area contributed by atoms with Crippen molar-refractivity contribution in [3.63, 3.8) is 0 Å². The van der Waals surface area contributed by atoms with E-state index in [0.717, 1.165) is 36.2 Å². The molecule has 0 aliphatic carbocycles. The molecule has 0 atom stereocenters. The first-order valence-corrected chi connectivity index (χ1v) is 40.5. The van der Waals surface area contributed by atoms with Crippen molar-refractivity contribution in [1.29, 1.82) is 0 Å². The van der Waals surface area contributed by atoms with Crippen molar-refractivity contribution in [2.75, 3.05) is 23.0 Å². The van der Waals surface area contributed by atoms with Gasteiger partial charge in [-0.3, -0.25) is 9.59 Å². The monoisotopic (exact) mass is 1090 g/mol. The van der Waals surface area contributed by atoms with Crippen molar-refractivity contribution >= 4 is 53.8 Å². The maximum atomic E-state index is 10.2. The summed E-state index contributed by atoms with van der Waals surface area (Å²) in [6.07, 6.45) is 58.0. The molecule has 0 aromatic rings. The van der Waals surface area contributed by atoms with Crippen LogP contribution >= 0.6 is 23.5 Å². The minimum atomic E-state index is -2.03. The van der Waals surface area contributed by atoms with Crippen molar-refractivity contribution in [3.05, 3.63) is 0 Å². The van der Waals surface area contributed by atoms with Gasteiger partial charge < -0.3 is 10.2 Å². The van der Waals surface area contributed by atoms with Gasteiger partial charge in [0.15, 0.2) is 0 Å². The Morgan fingerprint density at radius 2 is 0.537 bits per heavy atom. The van der Waals surface area contributed by atoms with Gasteiger partial charge in [0.25, 0.3) is 0 Å². The molecule has 0 aliphatic rings. The Bertz CT molecular complexity index is 873. The summed E-state index contributed by atoms with van der Waals surface area (Å²) >= 11 is 1.01. The summed E-state index contributed by atoms with van der Waals surface area (Å²) in [5.74, 6) is 2.68. The third-order valence-electron chi connectivity index (χ3n) is 13.8. The molecule has 0 aliphatic heterocycles. The Hall–Kier alpha value is 0.439. The predicted molar refractivity (Wildman–Crippen MR) is 312 cm³/mol. The zero-order valence-corrected chi connectivity index (χ0v) is 51.6. The minimum absolute atomic E-state index is 0.254. The van der Waals surface area contributed by atoms with E-state index >= 15 is 0 Å². The SMILES string of the molecule is CC(C)CCCCCSCC(=O)O.CC(C)CCCCCSCC(=O)O.CCCCCCCCCCC[CH2][Sn]([CH2]CCCCCCC)([CH2]CCCCCCC)[CH2]CCCCCCCCCCC. The fourth-order valence-electron chi connectivity index (χ4n) is 9.47. The van der Waals surface area contributed by atoms with Crippen LogP contribution in [0.5, 0.6) is 0 Å². The molecule has 0 fully saturated rings. The van der Waals surface area contributed by atoms with Crippen molar-refractivity contribution < 1.29 is 19.8 Å². The van der Waals surface area contributed by atoms with Crippen LogP contribution in [0.25, 0.3) is 0 Å². The van der Waals surface area contributed by atoms with Gasteiger partial charge in [0, 0.05) is 0 Å². The van der Waals surface area contributed by atoms with Gasteiger partial charge in [0.05, 0.1) is 11.5 Å². The Morgan fingerprint density at radius 1 is 0.328 bits per heavy atom. The Kier molecular flexibility index (Phi) is 65.0. The number of carboxylic acid groups (broad SMARTS) is 2. The van der Waals surface area contributed by atoms with Crippen molar-refractivity contribution in [2.45, 2.75) is 330 Å². The molecule has 0 heterocycles. The van der Waals surface area contributed by atoms with Crippen LogP contribution in [0.4, 0.5) is 0 Å². The first-order chi connectivity index (χ1) is 32.5. The second-order valence-electron chi connectivity index (χ2n) is 21.8. The standard InChI is InChI=1S/2C12H25.2C10H20O2S.2C8H17.Sn/c2*1-3-5-7-9-11-12-10-8-6-4-2;2*1-9(2)6-4-3-5-7-13-8-10(11)12;2*1-3-5-7-8-6-4-2;/h2*1,3-12H2,2H3;2*9H,3-8H2,1-2H3,(H,11,12);2*1,3-8H2,2H3;. The second kappa shape index (κ2) is 60.7. The summed E-state index contributed by atoms with van der Waals surface area (Å²) in [4.78, 5) is 20.3. The number of thioether (sulfide) groups is 2. The zero-order chi connectivity index (χ0) is 50.2. The Morgan fingerprint density at radius 3 is 0.746 bits per heavy atom. The summed E-state index contributed by atoms with van der Waals surface area (Å²) in [6, 6.07) is 0. The first kappa shape index (κ1) is 71.7. The number of hydrogen-bond donors (Lipinski definition) is 2. The number of aliphatic carboxylic acids is 2. The molecule has 0 unspecified atom stereocenters. The summed E-state index contributed by atoms with van der Waals surface area (Å²) in [5.41, 5.74) is 0. The second-order valence-corrected chi connectivity index (χ2v) is 38.3. The van der Waals surface area contributed by atoms with E-state index in [9.17, 15) is 9.59 Å². The van der Waals surface area contributed by atoms with Gasteiger partial charge in [-0.15, -0.1) is 0 Å². The van der Waals surface area contributed by atoms with Crippen LogP contribution in [0.3, 0.4) is 0 Å². The first-order valence-electron chi connectivity index (χ1n) is 30.1. The van der Waals surface area contributed by atoms with E-state index in [-0.39, 0.29) is 11.5 Å². The van der Waals surface area contributed by atoms with Crippen LogP contribution in [0.15, 0.2) is 0 Å². The Labute approximate surface area is 435 Å². The molecule has 0 aromatic heterocycles. The van der Waals surface area contributed by atoms with Crippen LogP contribution in [-0.4, -0.2) is 63.5 Å². The van der Waals surface area contributed by atoms with E-state index in [1.165, 1.54) is 216 Å². The molecule has 0 rings (SSSR count). The number of unbranched alkanes of at least 4 members (excludes halogenated alkanes) is 32. The van der Waals surface area contributed by atoms with E-state index in [1.54, 1.807) is 69.1 Å². The number of rotatable bonds is 52. The van der Waals surface area contributed by atoms with Crippen LogP contribution in [0, 0.1) is 11.8 Å². The third-order valence-corrected chi connectivity index (χ3v) is 32.0. The number of carboxylic acids is 2. The quantitative estimate of drug-likeness (QED) is 0.0467. The van der Waals surface area contributed by atoms with Gasteiger partial charge in [0.2, 0.25) is 0 Å². The van der Waals surface area contributed by atoms with Crippen molar-refractivity contribution in [2.24, 2.45) is 11.8 Å². The van der Waals surface area contributed by atoms with E-state index in [2.05, 4.69) is 55.4 Å². The van der Waals surface area contributed by atoms with Gasteiger partial charge in [-0.25, -0.2) is 0 Å². The number of carbonyl (C=O) groups is 2. The maximum absolute atomic E-state index is 10.2. The Balaban J connectivity index is -0.00000127. The van der Waals surface area contributed by atoms with Crippen LogP contribution < -0.4 is 0 Å². The fraction of sp³-hybridized carbons (Fsp3) is 0.967. The van der Waals surface area contributed by atoms with Gasteiger partial charge >= 0.3 is 281 Å². The van der Waals surface area contributed by atoms with E-state index in [4.69, 9.17) is 10.2 Å². The molecule has 0 radical (unpaired) electrons. The molecular formula is C60H124O4S2Sn. The fourth-order valence-corrected chi connectivity index (χ4v) is 26.6. The van der Waals surface area contributed by atoms with Gasteiger partial charge in [-0.2, -0.15) is 23.5 Å². The topological polar surface area (TPSA) is 74.6 Å². The molecule has 0 spiro atoms. The molecular weight excluding hydrogens is 968 g/mol. The van der Waals surface area contributed by atoms with Gasteiger partial charge in [0.1, 0.15) is 0 Å². The molecule has 404 valence electrons. The third kappa shape index (κ3) is 66.4. The normalized spacial score (nSPS) is 11.5. The summed E-state index contributed by atoms with van der Waals surface area (Å²) < 4.78 is 7.02. The molecule has 0 saturated heterocycles. The molecule has 0 bridgehead atoms. The van der Waals surface area contributed by atoms with Gasteiger partial charge in [-0.05, 0) is 36.2 Å². The number of hydrogen-bond acceptors (Lipinski definition) is 4.